The number of amides is 1. The third-order valence-electron chi connectivity index (χ3n) is 2.70. The summed E-state index contributed by atoms with van der Waals surface area (Å²) in [4.78, 5) is 11.7. The Morgan fingerprint density at radius 3 is 2.78 bits per heavy atom. The highest BCUT2D eigenvalue weighted by molar-refractivity contribution is 7.99. The van der Waals surface area contributed by atoms with Crippen molar-refractivity contribution in [3.8, 4) is 0 Å². The molecule has 0 spiro atoms. The van der Waals surface area contributed by atoms with E-state index in [1.165, 1.54) is 0 Å². The lowest BCUT2D eigenvalue weighted by Crippen LogP contribution is -2.31. The molecule has 0 aliphatic heterocycles. The average molecular weight is 288 g/mol. The fourth-order valence-electron chi connectivity index (χ4n) is 1.45. The molecule has 0 fully saturated rings. The lowest BCUT2D eigenvalue weighted by molar-refractivity contribution is -0.129. The number of rotatable bonds is 6. The van der Waals surface area contributed by atoms with E-state index in [4.69, 9.17) is 11.6 Å². The largest absolute Gasteiger partial charge is 0.378 e. The molecule has 0 aliphatic carbocycles. The Labute approximate surface area is 117 Å². The summed E-state index contributed by atoms with van der Waals surface area (Å²) in [5, 5.41) is 13.5. The van der Waals surface area contributed by atoms with Gasteiger partial charge in [0, 0.05) is 22.4 Å². The fraction of sp³-hybridized carbons (Fsp3) is 0.462. The quantitative estimate of drug-likeness (QED) is 0.846. The van der Waals surface area contributed by atoms with Crippen LogP contribution >= 0.6 is 23.4 Å². The summed E-state index contributed by atoms with van der Waals surface area (Å²) in [5.74, 6) is -0.406. The number of nitrogens with one attached hydrogen (secondary N) is 1. The molecule has 18 heavy (non-hydrogen) atoms. The van der Waals surface area contributed by atoms with Crippen LogP contribution in [0.2, 0.25) is 5.02 Å². The van der Waals surface area contributed by atoms with Crippen LogP contribution in [0, 0.1) is 0 Å². The summed E-state index contributed by atoms with van der Waals surface area (Å²) in [6.45, 7) is 2.66. The molecule has 0 unspecified atom stereocenters. The van der Waals surface area contributed by atoms with E-state index in [9.17, 15) is 9.90 Å². The van der Waals surface area contributed by atoms with Gasteiger partial charge in [-0.15, -0.1) is 0 Å². The van der Waals surface area contributed by atoms with Gasteiger partial charge in [0.2, 0.25) is 0 Å². The van der Waals surface area contributed by atoms with Gasteiger partial charge in [-0.3, -0.25) is 4.79 Å². The van der Waals surface area contributed by atoms with Crippen LogP contribution in [0.1, 0.15) is 25.0 Å². The van der Waals surface area contributed by atoms with Gasteiger partial charge in [-0.25, -0.2) is 0 Å². The summed E-state index contributed by atoms with van der Waals surface area (Å²) in [5.41, 5.74) is 0.439. The van der Waals surface area contributed by atoms with E-state index in [1.54, 1.807) is 36.0 Å². The van der Waals surface area contributed by atoms with E-state index < -0.39 is 12.0 Å². The summed E-state index contributed by atoms with van der Waals surface area (Å²) >= 11 is 7.68. The topological polar surface area (TPSA) is 49.3 Å². The molecule has 0 radical (unpaired) electrons. The molecule has 1 rings (SSSR count). The summed E-state index contributed by atoms with van der Waals surface area (Å²) in [6.07, 6.45) is 1.70. The standard InChI is InChI=1S/C13H18ClNO2S/c1-9(18-2)7-8-15-13(17)12(16)10-5-3-4-6-11(10)14/h3-6,9,12,16H,7-8H2,1-2H3,(H,15,17)/t9-,12+/m0/s1. The third-order valence-corrected chi connectivity index (χ3v) is 4.09. The normalized spacial score (nSPS) is 14.0. The number of carbonyl (C=O) groups excluding carboxylic acids is 1. The number of halogens is 1. The number of thioether (sulfide) groups is 1. The van der Waals surface area contributed by atoms with Gasteiger partial charge in [-0.2, -0.15) is 11.8 Å². The van der Waals surface area contributed by atoms with Gasteiger partial charge in [0.25, 0.3) is 5.91 Å². The zero-order valence-electron chi connectivity index (χ0n) is 10.5. The smallest absolute Gasteiger partial charge is 0.253 e. The summed E-state index contributed by atoms with van der Waals surface area (Å²) in [6, 6.07) is 6.81. The van der Waals surface area contributed by atoms with Crippen molar-refractivity contribution in [1.82, 2.24) is 5.32 Å². The van der Waals surface area contributed by atoms with Crippen molar-refractivity contribution in [2.45, 2.75) is 24.7 Å². The molecule has 5 heteroatoms. The molecule has 1 aromatic carbocycles. The number of carbonyl (C=O) groups is 1. The minimum absolute atomic E-state index is 0.401. The third kappa shape index (κ3) is 4.52. The molecule has 0 heterocycles. The number of aliphatic hydroxyl groups is 1. The molecule has 0 bridgehead atoms. The molecule has 0 aromatic heterocycles. The van der Waals surface area contributed by atoms with Gasteiger partial charge < -0.3 is 10.4 Å². The summed E-state index contributed by atoms with van der Waals surface area (Å²) in [7, 11) is 0. The minimum Gasteiger partial charge on any atom is -0.378 e. The molecular weight excluding hydrogens is 270 g/mol. The zero-order chi connectivity index (χ0) is 13.5. The summed E-state index contributed by atoms with van der Waals surface area (Å²) < 4.78 is 0. The highest BCUT2D eigenvalue weighted by Crippen LogP contribution is 2.22. The lowest BCUT2D eigenvalue weighted by atomic mass is 10.1. The van der Waals surface area contributed by atoms with Gasteiger partial charge in [0.05, 0.1) is 0 Å². The molecule has 3 nitrogen and oxygen atoms in total. The number of aliphatic hydroxyl groups excluding tert-OH is 1. The first kappa shape index (κ1) is 15.3. The molecule has 0 saturated heterocycles. The molecule has 0 aliphatic rings. The molecule has 100 valence electrons. The SMILES string of the molecule is CS[C@@H](C)CCNC(=O)[C@H](O)c1ccccc1Cl. The molecule has 2 N–H and O–H groups in total. The van der Waals surface area contributed by atoms with Crippen molar-refractivity contribution >= 4 is 29.3 Å². The van der Waals surface area contributed by atoms with Gasteiger partial charge in [0.1, 0.15) is 0 Å². The van der Waals surface area contributed by atoms with Crippen molar-refractivity contribution in [2.75, 3.05) is 12.8 Å². The van der Waals surface area contributed by atoms with E-state index in [1.807, 2.05) is 6.26 Å². The highest BCUT2D eigenvalue weighted by atomic mass is 35.5. The Kier molecular flexibility index (Phi) is 6.54. The van der Waals surface area contributed by atoms with Crippen LogP contribution in [0.3, 0.4) is 0 Å². The Morgan fingerprint density at radius 1 is 1.50 bits per heavy atom. The second kappa shape index (κ2) is 7.67. The molecular formula is C13H18ClNO2S. The van der Waals surface area contributed by atoms with Crippen LogP contribution in [0.4, 0.5) is 0 Å². The first-order valence-electron chi connectivity index (χ1n) is 5.79. The zero-order valence-corrected chi connectivity index (χ0v) is 12.1. The van der Waals surface area contributed by atoms with Crippen molar-refractivity contribution < 1.29 is 9.90 Å². The maximum absolute atomic E-state index is 11.7. The Bertz CT molecular complexity index is 400. The maximum Gasteiger partial charge on any atom is 0.253 e. The van der Waals surface area contributed by atoms with Crippen LogP contribution in [0.5, 0.6) is 0 Å². The average Bonchev–Trinajstić information content (AvgIpc) is 2.38. The van der Waals surface area contributed by atoms with E-state index in [-0.39, 0.29) is 0 Å². The molecule has 1 amide bonds. The van der Waals surface area contributed by atoms with E-state index >= 15 is 0 Å². The van der Waals surface area contributed by atoms with E-state index in [2.05, 4.69) is 12.2 Å². The van der Waals surface area contributed by atoms with Gasteiger partial charge in [-0.1, -0.05) is 36.7 Å². The highest BCUT2D eigenvalue weighted by Gasteiger charge is 2.19. The number of benzene rings is 1. The minimum atomic E-state index is -1.21. The van der Waals surface area contributed by atoms with Gasteiger partial charge in [0.15, 0.2) is 6.10 Å². The van der Waals surface area contributed by atoms with Crippen molar-refractivity contribution in [2.24, 2.45) is 0 Å². The Morgan fingerprint density at radius 2 is 2.17 bits per heavy atom. The maximum atomic E-state index is 11.7. The van der Waals surface area contributed by atoms with Crippen LogP contribution in [-0.4, -0.2) is 29.1 Å². The van der Waals surface area contributed by atoms with Crippen molar-refractivity contribution in [3.63, 3.8) is 0 Å². The Hall–Kier alpha value is -0.710. The Balaban J connectivity index is 2.49. The predicted octanol–water partition coefficient (Wildman–Crippen LogP) is 2.63. The van der Waals surface area contributed by atoms with Gasteiger partial charge in [-0.05, 0) is 18.7 Å². The number of hydrogen-bond donors (Lipinski definition) is 2. The van der Waals surface area contributed by atoms with Crippen LogP contribution in [0.15, 0.2) is 24.3 Å². The first-order valence-corrected chi connectivity index (χ1v) is 7.45. The molecule has 2 atom stereocenters. The fourth-order valence-corrected chi connectivity index (χ4v) is 2.04. The van der Waals surface area contributed by atoms with Gasteiger partial charge >= 0.3 is 0 Å². The first-order chi connectivity index (χ1) is 8.56. The second-order valence-corrected chi connectivity index (χ2v) is 5.73. The lowest BCUT2D eigenvalue weighted by Gasteiger charge is -2.14. The van der Waals surface area contributed by atoms with Crippen LogP contribution in [-0.2, 0) is 4.79 Å². The van der Waals surface area contributed by atoms with Crippen LogP contribution in [0.25, 0.3) is 0 Å². The van der Waals surface area contributed by atoms with E-state index in [0.717, 1.165) is 6.42 Å². The van der Waals surface area contributed by atoms with E-state index in [0.29, 0.717) is 22.4 Å². The predicted molar refractivity (Wildman–Crippen MR) is 77.0 cm³/mol. The molecule has 1 aromatic rings. The van der Waals surface area contributed by atoms with Crippen LogP contribution < -0.4 is 5.32 Å². The van der Waals surface area contributed by atoms with Crippen molar-refractivity contribution in [3.05, 3.63) is 34.9 Å². The monoisotopic (exact) mass is 287 g/mol. The van der Waals surface area contributed by atoms with Crippen molar-refractivity contribution in [1.29, 1.82) is 0 Å². The second-order valence-electron chi connectivity index (χ2n) is 4.05. The molecule has 0 saturated carbocycles. The number of hydrogen-bond acceptors (Lipinski definition) is 3.